The number of carbonyl (C=O) groups excluding carboxylic acids is 1. The Kier molecular flexibility index (Phi) is 6.06. The van der Waals surface area contributed by atoms with Crippen LogP contribution in [0.5, 0.6) is 0 Å². The Morgan fingerprint density at radius 2 is 1.86 bits per heavy atom. The Hall–Kier alpha value is 0.400. The van der Waals surface area contributed by atoms with Gasteiger partial charge in [-0.2, -0.15) is 0 Å². The molecule has 1 aliphatic carbocycles. The molecule has 0 aromatic heterocycles. The lowest BCUT2D eigenvalue weighted by molar-refractivity contribution is -0.113. The van der Waals surface area contributed by atoms with Gasteiger partial charge in [-0.15, -0.1) is 0 Å². The van der Waals surface area contributed by atoms with Crippen LogP contribution < -0.4 is 0 Å². The van der Waals surface area contributed by atoms with Gasteiger partial charge in [0.2, 0.25) is 0 Å². The maximum Gasteiger partial charge on any atom is 0.195 e. The fourth-order valence-electron chi connectivity index (χ4n) is 2.36. The maximum absolute atomic E-state index is 11.2. The molecule has 14 heavy (non-hydrogen) atoms. The molecule has 82 valence electrons. The van der Waals surface area contributed by atoms with E-state index in [0.717, 1.165) is 18.8 Å². The molecule has 0 radical (unpaired) electrons. The van der Waals surface area contributed by atoms with Crippen molar-refractivity contribution in [3.8, 4) is 0 Å². The molecule has 0 spiro atoms. The van der Waals surface area contributed by atoms with Crippen molar-refractivity contribution >= 4 is 26.4 Å². The second-order valence-electron chi connectivity index (χ2n) is 4.52. The summed E-state index contributed by atoms with van der Waals surface area (Å²) in [6.45, 7) is 2.26. The van der Waals surface area contributed by atoms with Crippen LogP contribution in [0.4, 0.5) is 0 Å². The van der Waals surface area contributed by atoms with E-state index < -0.39 is 0 Å². The highest BCUT2D eigenvalue weighted by Gasteiger charge is 2.24. The Morgan fingerprint density at radius 3 is 2.36 bits per heavy atom. The Labute approximate surface area is 101 Å². The van der Waals surface area contributed by atoms with Gasteiger partial charge in [-0.25, -0.2) is 0 Å². The van der Waals surface area contributed by atoms with Crippen molar-refractivity contribution in [2.45, 2.75) is 58.3 Å². The van der Waals surface area contributed by atoms with Crippen molar-refractivity contribution in [1.29, 1.82) is 0 Å². The van der Waals surface area contributed by atoms with Crippen LogP contribution in [-0.2, 0) is 4.79 Å². The van der Waals surface area contributed by atoms with Crippen LogP contribution in [-0.4, -0.2) is 3.79 Å². The third-order valence-electron chi connectivity index (χ3n) is 3.38. The Balaban J connectivity index is 2.12. The number of rotatable bonds is 5. The summed E-state index contributed by atoms with van der Waals surface area (Å²) < 4.78 is 0.384. The highest BCUT2D eigenvalue weighted by Crippen LogP contribution is 2.33. The van der Waals surface area contributed by atoms with Crippen molar-refractivity contribution in [3.05, 3.63) is 0 Å². The van der Waals surface area contributed by atoms with Crippen LogP contribution >= 0.6 is 22.6 Å². The molecule has 1 nitrogen and oxygen atoms in total. The van der Waals surface area contributed by atoms with E-state index in [1.54, 1.807) is 0 Å². The first-order chi connectivity index (χ1) is 6.74. The van der Waals surface area contributed by atoms with E-state index in [1.807, 2.05) is 22.6 Å². The fraction of sp³-hybridized carbons (Fsp3) is 0.917. The van der Waals surface area contributed by atoms with Gasteiger partial charge in [0.25, 0.3) is 0 Å². The zero-order valence-electron chi connectivity index (χ0n) is 9.10. The minimum Gasteiger partial charge on any atom is -0.287 e. The minimum atomic E-state index is 0.384. The predicted molar refractivity (Wildman–Crippen MR) is 68.6 cm³/mol. The van der Waals surface area contributed by atoms with Gasteiger partial charge in [0, 0.05) is 5.92 Å². The van der Waals surface area contributed by atoms with Crippen molar-refractivity contribution in [1.82, 2.24) is 0 Å². The van der Waals surface area contributed by atoms with Gasteiger partial charge in [-0.05, 0) is 54.2 Å². The first kappa shape index (κ1) is 12.5. The molecule has 0 N–H and O–H groups in total. The van der Waals surface area contributed by atoms with E-state index in [4.69, 9.17) is 0 Å². The third-order valence-corrected chi connectivity index (χ3v) is 4.26. The number of carbonyl (C=O) groups is 1. The number of hydrogen-bond acceptors (Lipinski definition) is 1. The standard InChI is InChI=1S/C12H21IO/c1-2-3-4-5-10-6-8-11(9-7-10)12(13)14/h10-11H,2-9H2,1H3. The normalized spacial score (nSPS) is 27.6. The SMILES string of the molecule is CCCCCC1CCC(C(=O)I)CC1. The average molecular weight is 308 g/mol. The smallest absolute Gasteiger partial charge is 0.195 e. The maximum atomic E-state index is 11.2. The Morgan fingerprint density at radius 1 is 1.21 bits per heavy atom. The summed E-state index contributed by atoms with van der Waals surface area (Å²) in [5.74, 6) is 1.31. The van der Waals surface area contributed by atoms with Crippen LogP contribution in [0, 0.1) is 11.8 Å². The second kappa shape index (κ2) is 6.81. The largest absolute Gasteiger partial charge is 0.287 e. The highest BCUT2D eigenvalue weighted by molar-refractivity contribution is 14.1. The molecule has 0 bridgehead atoms. The highest BCUT2D eigenvalue weighted by atomic mass is 127. The zero-order valence-corrected chi connectivity index (χ0v) is 11.3. The molecule has 0 heterocycles. The number of unbranched alkanes of at least 4 members (excludes halogenated alkanes) is 2. The number of halogens is 1. The van der Waals surface area contributed by atoms with Gasteiger partial charge < -0.3 is 0 Å². The number of hydrogen-bond donors (Lipinski definition) is 0. The van der Waals surface area contributed by atoms with Crippen molar-refractivity contribution < 1.29 is 4.79 Å². The minimum absolute atomic E-state index is 0.384. The lowest BCUT2D eigenvalue weighted by Crippen LogP contribution is -2.18. The van der Waals surface area contributed by atoms with Crippen molar-refractivity contribution in [2.75, 3.05) is 0 Å². The van der Waals surface area contributed by atoms with Gasteiger partial charge in [0.15, 0.2) is 3.79 Å². The van der Waals surface area contributed by atoms with E-state index in [9.17, 15) is 4.79 Å². The van der Waals surface area contributed by atoms with Gasteiger partial charge in [-0.1, -0.05) is 32.6 Å². The molecule has 1 aliphatic rings. The van der Waals surface area contributed by atoms with Crippen LogP contribution in [0.1, 0.15) is 58.3 Å². The fourth-order valence-corrected chi connectivity index (χ4v) is 2.98. The molecule has 0 atom stereocenters. The van der Waals surface area contributed by atoms with Crippen molar-refractivity contribution in [3.63, 3.8) is 0 Å². The molecule has 0 saturated heterocycles. The lowest BCUT2D eigenvalue weighted by Gasteiger charge is -2.26. The van der Waals surface area contributed by atoms with E-state index in [0.29, 0.717) is 9.71 Å². The van der Waals surface area contributed by atoms with Crippen LogP contribution in [0.25, 0.3) is 0 Å². The summed E-state index contributed by atoms with van der Waals surface area (Å²) in [6.07, 6.45) is 10.4. The quantitative estimate of drug-likeness (QED) is 0.419. The predicted octanol–water partition coefficient (Wildman–Crippen LogP) is 4.33. The summed E-state index contributed by atoms with van der Waals surface area (Å²) in [7, 11) is 0. The van der Waals surface area contributed by atoms with Gasteiger partial charge in [0.05, 0.1) is 0 Å². The van der Waals surface area contributed by atoms with E-state index in [1.165, 1.54) is 38.5 Å². The summed E-state index contributed by atoms with van der Waals surface area (Å²) in [5, 5.41) is 0. The molecule has 0 unspecified atom stereocenters. The lowest BCUT2D eigenvalue weighted by atomic mass is 9.80. The molecule has 0 aromatic carbocycles. The van der Waals surface area contributed by atoms with Crippen LogP contribution in [0.2, 0.25) is 0 Å². The van der Waals surface area contributed by atoms with Crippen molar-refractivity contribution in [2.24, 2.45) is 11.8 Å². The summed E-state index contributed by atoms with van der Waals surface area (Å²) >= 11 is 1.96. The molecule has 1 fully saturated rings. The van der Waals surface area contributed by atoms with E-state index >= 15 is 0 Å². The zero-order chi connectivity index (χ0) is 10.4. The second-order valence-corrected chi connectivity index (χ2v) is 5.58. The van der Waals surface area contributed by atoms with Gasteiger partial charge >= 0.3 is 0 Å². The molecule has 0 aromatic rings. The molecule has 1 saturated carbocycles. The summed E-state index contributed by atoms with van der Waals surface area (Å²) in [6, 6.07) is 0. The molecule has 2 heteroatoms. The van der Waals surface area contributed by atoms with E-state index in [2.05, 4.69) is 6.92 Å². The molecule has 0 aliphatic heterocycles. The third kappa shape index (κ3) is 4.28. The summed E-state index contributed by atoms with van der Waals surface area (Å²) in [5.41, 5.74) is 0. The summed E-state index contributed by atoms with van der Waals surface area (Å²) in [4.78, 5) is 11.2. The van der Waals surface area contributed by atoms with Crippen LogP contribution in [0.3, 0.4) is 0 Å². The monoisotopic (exact) mass is 308 g/mol. The first-order valence-corrected chi connectivity index (χ1v) is 7.01. The topological polar surface area (TPSA) is 17.1 Å². The van der Waals surface area contributed by atoms with E-state index in [-0.39, 0.29) is 0 Å². The van der Waals surface area contributed by atoms with Crippen LogP contribution in [0.15, 0.2) is 0 Å². The van der Waals surface area contributed by atoms with Gasteiger partial charge in [0.1, 0.15) is 0 Å². The average Bonchev–Trinajstić information content (AvgIpc) is 2.19. The first-order valence-electron chi connectivity index (χ1n) is 5.93. The molecule has 0 amide bonds. The molecular formula is C12H21IO. The Bertz CT molecular complexity index is 171. The molecular weight excluding hydrogens is 287 g/mol. The molecule has 1 rings (SSSR count). The van der Waals surface area contributed by atoms with Gasteiger partial charge in [-0.3, -0.25) is 4.79 Å².